The summed E-state index contributed by atoms with van der Waals surface area (Å²) in [4.78, 5) is 86.9. The van der Waals surface area contributed by atoms with Crippen molar-refractivity contribution in [2.75, 3.05) is 32.1 Å². The molecule has 66 heavy (non-hydrogen) atoms. The Bertz CT molecular complexity index is 2150. The van der Waals surface area contributed by atoms with Crippen molar-refractivity contribution in [1.82, 2.24) is 19.6 Å². The minimum absolute atomic E-state index is 0. The highest BCUT2D eigenvalue weighted by Gasteiger charge is 2.54. The molecule has 6 amide bonds. The first-order chi connectivity index (χ1) is 30.5. The second-order valence-corrected chi connectivity index (χ2v) is 19.9. The minimum Gasteiger partial charge on any atom is -0.465 e. The number of rotatable bonds is 13. The number of carbonyl (C=O) groups is 6. The standard InChI is InChI=1S/C50H67N7O8.H2O/c1-30(2)40(53(8)46(62)63)42(58)55-28-10-26-49(55,44(51)60)35-16-12-32(13-17-35)38-24-25-39(57(38)37-22-20-34(21-23-37)48(5,6)7)33-14-18-36(19-15-33)50(45(52)61)27-11-29-56(50)43(59)41(31(3)4)54(9)47(64)65;/h12-23,30-31,38-41H,10-11,24-29H2,1-9H3,(H2,51,60)(H2,52,61)(H,62,63)(H,64,65);1H2/t38-,39-,40-,41-,49-,50-;/m0./s1. The first-order valence-corrected chi connectivity index (χ1v) is 22.7. The van der Waals surface area contributed by atoms with Crippen LogP contribution in [0.25, 0.3) is 0 Å². The van der Waals surface area contributed by atoms with Crippen molar-refractivity contribution in [3.63, 3.8) is 0 Å². The third-order valence-electron chi connectivity index (χ3n) is 14.3. The van der Waals surface area contributed by atoms with E-state index < -0.39 is 59.0 Å². The fraction of sp³-hybridized carbons (Fsp3) is 0.520. The molecule has 0 aliphatic carbocycles. The number of nitrogens with two attached hydrogens (primary N) is 2. The van der Waals surface area contributed by atoms with Crippen molar-refractivity contribution >= 4 is 41.5 Å². The van der Waals surface area contributed by atoms with E-state index in [2.05, 4.69) is 49.9 Å². The predicted octanol–water partition coefficient (Wildman–Crippen LogP) is 6.12. The molecule has 16 nitrogen and oxygen atoms in total. The number of anilines is 1. The maximum Gasteiger partial charge on any atom is 0.407 e. The molecular formula is C50H69N7O9. The van der Waals surface area contributed by atoms with Crippen molar-refractivity contribution in [3.05, 3.63) is 101 Å². The van der Waals surface area contributed by atoms with Crippen LogP contribution < -0.4 is 16.4 Å². The first kappa shape index (κ1) is 50.8. The molecule has 0 unspecified atom stereocenters. The molecule has 3 aliphatic rings. The largest absolute Gasteiger partial charge is 0.465 e. The van der Waals surface area contributed by atoms with Gasteiger partial charge in [-0.3, -0.25) is 29.0 Å². The molecule has 3 aromatic rings. The van der Waals surface area contributed by atoms with Gasteiger partial charge < -0.3 is 41.9 Å². The van der Waals surface area contributed by atoms with Crippen molar-refractivity contribution in [3.8, 4) is 0 Å². The fourth-order valence-corrected chi connectivity index (χ4v) is 10.9. The fourth-order valence-electron chi connectivity index (χ4n) is 10.9. The molecular weight excluding hydrogens is 843 g/mol. The zero-order valence-electron chi connectivity index (χ0n) is 39.8. The third-order valence-corrected chi connectivity index (χ3v) is 14.3. The van der Waals surface area contributed by atoms with Crippen LogP contribution in [0, 0.1) is 11.8 Å². The van der Waals surface area contributed by atoms with Gasteiger partial charge in [0.15, 0.2) is 0 Å². The molecule has 3 aliphatic heterocycles. The SMILES string of the molecule is CC(C)[C@@H](C(=O)N1CCC[C@@]1(C(N)=O)c1ccc([C@@H]2CC[C@@H](c3ccc([C@]4(C(N)=O)CCCN4C(=O)[C@H](C(C)C)N(C)C(=O)O)cc3)N2c2ccc(C(C)(C)C)cc2)cc1)N(C)C(=O)O.O. The van der Waals surface area contributed by atoms with Crippen LogP contribution in [0.3, 0.4) is 0 Å². The quantitative estimate of drug-likeness (QED) is 0.154. The summed E-state index contributed by atoms with van der Waals surface area (Å²) in [6.45, 7) is 14.1. The van der Waals surface area contributed by atoms with Gasteiger partial charge in [0.1, 0.15) is 23.2 Å². The highest BCUT2D eigenvalue weighted by Crippen LogP contribution is 2.49. The van der Waals surface area contributed by atoms with Gasteiger partial charge >= 0.3 is 12.2 Å². The van der Waals surface area contributed by atoms with E-state index in [-0.39, 0.29) is 47.9 Å². The molecule has 6 rings (SSSR count). The summed E-state index contributed by atoms with van der Waals surface area (Å²) in [6, 6.07) is 21.8. The van der Waals surface area contributed by atoms with Crippen LogP contribution in [0.2, 0.25) is 0 Å². The topological polar surface area (TPSA) is 243 Å². The van der Waals surface area contributed by atoms with Crippen LogP contribution in [-0.4, -0.2) is 110 Å². The molecule has 0 bridgehead atoms. The first-order valence-electron chi connectivity index (χ1n) is 22.7. The Hall–Kier alpha value is -6.16. The van der Waals surface area contributed by atoms with E-state index in [4.69, 9.17) is 11.5 Å². The number of hydrogen-bond donors (Lipinski definition) is 4. The number of benzene rings is 3. The number of likely N-dealkylation sites (tertiary alicyclic amines) is 2. The van der Waals surface area contributed by atoms with E-state index in [9.17, 15) is 39.0 Å². The molecule has 6 atom stereocenters. The maximum absolute atomic E-state index is 14.2. The Morgan fingerprint density at radius 1 is 0.621 bits per heavy atom. The summed E-state index contributed by atoms with van der Waals surface area (Å²) in [5.41, 5.74) is 14.7. The van der Waals surface area contributed by atoms with E-state index >= 15 is 0 Å². The van der Waals surface area contributed by atoms with Crippen molar-refractivity contribution in [2.24, 2.45) is 23.3 Å². The van der Waals surface area contributed by atoms with Crippen molar-refractivity contribution in [2.45, 2.75) is 128 Å². The predicted molar refractivity (Wildman–Crippen MR) is 251 cm³/mol. The summed E-state index contributed by atoms with van der Waals surface area (Å²) >= 11 is 0. The smallest absolute Gasteiger partial charge is 0.407 e. The van der Waals surface area contributed by atoms with E-state index in [0.717, 1.165) is 39.5 Å². The molecule has 8 N–H and O–H groups in total. The molecule has 0 aromatic heterocycles. The molecule has 0 spiro atoms. The summed E-state index contributed by atoms with van der Waals surface area (Å²) in [5.74, 6) is -2.96. The summed E-state index contributed by atoms with van der Waals surface area (Å²) in [5, 5.41) is 19.6. The Balaban J connectivity index is 0.00000817. The monoisotopic (exact) mass is 912 g/mol. The average molecular weight is 912 g/mol. The van der Waals surface area contributed by atoms with E-state index in [0.29, 0.717) is 36.8 Å². The van der Waals surface area contributed by atoms with Gasteiger partial charge in [-0.15, -0.1) is 0 Å². The Morgan fingerprint density at radius 3 is 1.26 bits per heavy atom. The number of nitrogens with zero attached hydrogens (tertiary/aromatic N) is 5. The summed E-state index contributed by atoms with van der Waals surface area (Å²) in [6.07, 6.45) is 0.738. The lowest BCUT2D eigenvalue weighted by Crippen LogP contribution is -2.59. The lowest BCUT2D eigenvalue weighted by Gasteiger charge is -2.41. The molecule has 3 saturated heterocycles. The van der Waals surface area contributed by atoms with Gasteiger partial charge in [-0.1, -0.05) is 109 Å². The van der Waals surface area contributed by atoms with Crippen LogP contribution in [0.5, 0.6) is 0 Å². The maximum atomic E-state index is 14.2. The highest BCUT2D eigenvalue weighted by molar-refractivity contribution is 5.96. The number of carbonyl (C=O) groups excluding carboxylic acids is 4. The van der Waals surface area contributed by atoms with Crippen LogP contribution in [0.15, 0.2) is 72.8 Å². The zero-order chi connectivity index (χ0) is 47.9. The molecule has 3 heterocycles. The van der Waals surface area contributed by atoms with Crippen LogP contribution in [-0.2, 0) is 35.7 Å². The molecule has 3 fully saturated rings. The van der Waals surface area contributed by atoms with Gasteiger partial charge in [0.05, 0.1) is 12.1 Å². The lowest BCUT2D eigenvalue weighted by molar-refractivity contribution is -0.148. The number of hydrogen-bond acceptors (Lipinski definition) is 7. The number of amides is 6. The second kappa shape index (κ2) is 19.4. The van der Waals surface area contributed by atoms with Gasteiger partial charge in [0.2, 0.25) is 23.6 Å². The molecule has 16 heteroatoms. The molecule has 0 radical (unpaired) electrons. The summed E-state index contributed by atoms with van der Waals surface area (Å²) in [7, 11) is 2.73. The molecule has 0 saturated carbocycles. The lowest BCUT2D eigenvalue weighted by atomic mass is 9.84. The third kappa shape index (κ3) is 8.91. The van der Waals surface area contributed by atoms with E-state index in [1.807, 2.05) is 48.5 Å². The van der Waals surface area contributed by atoms with Crippen LogP contribution >= 0.6 is 0 Å². The Morgan fingerprint density at radius 2 is 0.970 bits per heavy atom. The number of primary amides is 2. The van der Waals surface area contributed by atoms with E-state index in [1.165, 1.54) is 29.5 Å². The van der Waals surface area contributed by atoms with Crippen LogP contribution in [0.1, 0.15) is 127 Å². The molecule has 3 aromatic carbocycles. The van der Waals surface area contributed by atoms with Gasteiger partial charge in [0.25, 0.3) is 0 Å². The van der Waals surface area contributed by atoms with Gasteiger partial charge in [-0.25, -0.2) is 9.59 Å². The Labute approximate surface area is 388 Å². The highest BCUT2D eigenvalue weighted by atomic mass is 16.4. The normalized spacial score (nSPS) is 22.8. The number of likely N-dealkylation sites (N-methyl/N-ethyl adjacent to an activating group) is 2. The van der Waals surface area contributed by atoms with Crippen molar-refractivity contribution < 1.29 is 44.5 Å². The van der Waals surface area contributed by atoms with Crippen LogP contribution in [0.4, 0.5) is 15.3 Å². The Kier molecular flexibility index (Phi) is 14.9. The second-order valence-electron chi connectivity index (χ2n) is 19.9. The minimum atomic E-state index is -1.45. The van der Waals surface area contributed by atoms with Gasteiger partial charge in [0, 0.05) is 32.9 Å². The van der Waals surface area contributed by atoms with Crippen molar-refractivity contribution in [1.29, 1.82) is 0 Å². The zero-order valence-corrected chi connectivity index (χ0v) is 39.8. The van der Waals surface area contributed by atoms with Gasteiger partial charge in [-0.2, -0.15) is 0 Å². The average Bonchev–Trinajstić information content (AvgIpc) is 4.02. The molecule has 358 valence electrons. The summed E-state index contributed by atoms with van der Waals surface area (Å²) < 4.78 is 0. The van der Waals surface area contributed by atoms with E-state index in [1.54, 1.807) is 27.7 Å². The van der Waals surface area contributed by atoms with Gasteiger partial charge in [-0.05, 0) is 95.7 Å². The number of carboxylic acid groups (broad SMARTS) is 2.